The Morgan fingerprint density at radius 3 is 2.70 bits per heavy atom. The fraction of sp³-hybridized carbons (Fsp3) is 0.0714. The van der Waals surface area contributed by atoms with E-state index in [2.05, 4.69) is 21.2 Å². The molecule has 0 spiro atoms. The second-order valence-corrected chi connectivity index (χ2v) is 5.23. The largest absolute Gasteiger partial charge is 0.507 e. The van der Waals surface area contributed by atoms with Crippen molar-refractivity contribution in [2.45, 2.75) is 0 Å². The first-order valence-electron chi connectivity index (χ1n) is 5.64. The maximum absolute atomic E-state index is 12.1. The predicted octanol–water partition coefficient (Wildman–Crippen LogP) is 4.07. The average molecular weight is 357 g/mol. The van der Waals surface area contributed by atoms with Gasteiger partial charge in [0, 0.05) is 17.3 Å². The maximum Gasteiger partial charge on any atom is 0.255 e. The average Bonchev–Trinajstić information content (AvgIpc) is 2.43. The lowest BCUT2D eigenvalue weighted by atomic mass is 10.2. The van der Waals surface area contributed by atoms with Crippen LogP contribution in [0.3, 0.4) is 0 Å². The number of rotatable bonds is 3. The van der Waals surface area contributed by atoms with E-state index in [1.807, 2.05) is 0 Å². The van der Waals surface area contributed by atoms with Crippen molar-refractivity contribution in [3.05, 3.63) is 51.5 Å². The highest BCUT2D eigenvalue weighted by molar-refractivity contribution is 9.10. The SMILES string of the molecule is COc1cc(NC(=O)c2ccc(Br)c(O)c2)ccc1Cl. The molecule has 2 N–H and O–H groups in total. The summed E-state index contributed by atoms with van der Waals surface area (Å²) < 4.78 is 5.61. The molecule has 2 aromatic rings. The van der Waals surface area contributed by atoms with E-state index in [9.17, 15) is 9.90 Å². The number of phenols is 1. The van der Waals surface area contributed by atoms with Gasteiger partial charge >= 0.3 is 0 Å². The zero-order chi connectivity index (χ0) is 14.7. The van der Waals surface area contributed by atoms with Crippen LogP contribution in [0.2, 0.25) is 5.02 Å². The van der Waals surface area contributed by atoms with Gasteiger partial charge in [0.2, 0.25) is 0 Å². The molecule has 0 aliphatic carbocycles. The number of halogens is 2. The normalized spacial score (nSPS) is 10.2. The molecule has 20 heavy (non-hydrogen) atoms. The molecule has 0 fully saturated rings. The van der Waals surface area contributed by atoms with Crippen LogP contribution in [0.4, 0.5) is 5.69 Å². The molecule has 0 saturated carbocycles. The zero-order valence-corrected chi connectivity index (χ0v) is 12.8. The van der Waals surface area contributed by atoms with Crippen molar-refractivity contribution in [1.82, 2.24) is 0 Å². The molecular weight excluding hydrogens is 346 g/mol. The summed E-state index contributed by atoms with van der Waals surface area (Å²) >= 11 is 9.07. The van der Waals surface area contributed by atoms with Crippen LogP contribution in [0.1, 0.15) is 10.4 Å². The Morgan fingerprint density at radius 2 is 2.05 bits per heavy atom. The van der Waals surface area contributed by atoms with Crippen LogP contribution in [0, 0.1) is 0 Å². The molecule has 0 saturated heterocycles. The lowest BCUT2D eigenvalue weighted by Crippen LogP contribution is -2.11. The fourth-order valence-corrected chi connectivity index (χ4v) is 2.04. The van der Waals surface area contributed by atoms with E-state index >= 15 is 0 Å². The van der Waals surface area contributed by atoms with Gasteiger partial charge in [0.25, 0.3) is 5.91 Å². The summed E-state index contributed by atoms with van der Waals surface area (Å²) in [6.45, 7) is 0. The first kappa shape index (κ1) is 14.7. The molecule has 0 aromatic heterocycles. The van der Waals surface area contributed by atoms with Crippen LogP contribution >= 0.6 is 27.5 Å². The third-order valence-electron chi connectivity index (χ3n) is 2.62. The number of anilines is 1. The first-order valence-corrected chi connectivity index (χ1v) is 6.82. The van der Waals surface area contributed by atoms with Gasteiger partial charge in [0.05, 0.1) is 16.6 Å². The minimum atomic E-state index is -0.336. The highest BCUT2D eigenvalue weighted by atomic mass is 79.9. The molecule has 4 nitrogen and oxygen atoms in total. The van der Waals surface area contributed by atoms with Crippen LogP contribution < -0.4 is 10.1 Å². The Bertz CT molecular complexity index is 661. The zero-order valence-electron chi connectivity index (χ0n) is 10.5. The number of aromatic hydroxyl groups is 1. The van der Waals surface area contributed by atoms with E-state index in [0.717, 1.165) is 0 Å². The van der Waals surface area contributed by atoms with Crippen molar-refractivity contribution in [3.63, 3.8) is 0 Å². The van der Waals surface area contributed by atoms with Gasteiger partial charge in [-0.25, -0.2) is 0 Å². The van der Waals surface area contributed by atoms with Gasteiger partial charge < -0.3 is 15.2 Å². The predicted molar refractivity (Wildman–Crippen MR) is 81.8 cm³/mol. The number of amides is 1. The van der Waals surface area contributed by atoms with E-state index < -0.39 is 0 Å². The van der Waals surface area contributed by atoms with Crippen LogP contribution in [0.5, 0.6) is 11.5 Å². The molecule has 0 heterocycles. The van der Waals surface area contributed by atoms with Crippen LogP contribution in [-0.4, -0.2) is 18.1 Å². The third kappa shape index (κ3) is 3.23. The molecule has 1 amide bonds. The summed E-state index contributed by atoms with van der Waals surface area (Å²) in [7, 11) is 1.50. The van der Waals surface area contributed by atoms with Crippen LogP contribution in [-0.2, 0) is 0 Å². The summed E-state index contributed by atoms with van der Waals surface area (Å²) in [6.07, 6.45) is 0. The van der Waals surface area contributed by atoms with E-state index in [0.29, 0.717) is 26.5 Å². The Kier molecular flexibility index (Phi) is 4.52. The quantitative estimate of drug-likeness (QED) is 0.871. The number of benzene rings is 2. The molecule has 2 aromatic carbocycles. The third-order valence-corrected chi connectivity index (χ3v) is 3.60. The van der Waals surface area contributed by atoms with E-state index in [1.54, 1.807) is 30.3 Å². The van der Waals surface area contributed by atoms with E-state index in [-0.39, 0.29) is 11.7 Å². The van der Waals surface area contributed by atoms with Gasteiger partial charge in [-0.3, -0.25) is 4.79 Å². The van der Waals surface area contributed by atoms with Crippen molar-refractivity contribution < 1.29 is 14.6 Å². The van der Waals surface area contributed by atoms with Crippen LogP contribution in [0.25, 0.3) is 0 Å². The Balaban J connectivity index is 2.21. The van der Waals surface area contributed by atoms with Crippen LogP contribution in [0.15, 0.2) is 40.9 Å². The molecular formula is C14H11BrClNO3. The molecule has 0 atom stereocenters. The summed E-state index contributed by atoms with van der Waals surface area (Å²) in [6, 6.07) is 9.51. The molecule has 0 aliphatic rings. The highest BCUT2D eigenvalue weighted by Gasteiger charge is 2.10. The van der Waals surface area contributed by atoms with E-state index in [4.69, 9.17) is 16.3 Å². The smallest absolute Gasteiger partial charge is 0.255 e. The standard InChI is InChI=1S/C14H11BrClNO3/c1-20-13-7-9(3-5-11(13)16)17-14(19)8-2-4-10(15)12(18)6-8/h2-7,18H,1H3,(H,17,19). The van der Waals surface area contributed by atoms with Gasteiger partial charge in [-0.2, -0.15) is 0 Å². The number of hydrogen-bond acceptors (Lipinski definition) is 3. The second-order valence-electron chi connectivity index (χ2n) is 3.97. The first-order chi connectivity index (χ1) is 9.51. The van der Waals surface area contributed by atoms with Crippen molar-refractivity contribution in [1.29, 1.82) is 0 Å². The summed E-state index contributed by atoms with van der Waals surface area (Å²) in [5.74, 6) is 0.145. The molecule has 0 radical (unpaired) electrons. The lowest BCUT2D eigenvalue weighted by molar-refractivity contribution is 0.102. The maximum atomic E-state index is 12.1. The fourth-order valence-electron chi connectivity index (χ4n) is 1.59. The number of ether oxygens (including phenoxy) is 1. The lowest BCUT2D eigenvalue weighted by Gasteiger charge is -2.09. The number of phenolic OH excluding ortho intramolecular Hbond substituents is 1. The summed E-state index contributed by atoms with van der Waals surface area (Å²) in [5.41, 5.74) is 0.901. The number of nitrogens with one attached hydrogen (secondary N) is 1. The number of methoxy groups -OCH3 is 1. The highest BCUT2D eigenvalue weighted by Crippen LogP contribution is 2.28. The monoisotopic (exact) mass is 355 g/mol. The minimum absolute atomic E-state index is 0.00587. The molecule has 0 bridgehead atoms. The van der Waals surface area contributed by atoms with Gasteiger partial charge in [0.1, 0.15) is 11.5 Å². The molecule has 6 heteroatoms. The number of carbonyl (C=O) groups is 1. The van der Waals surface area contributed by atoms with E-state index in [1.165, 1.54) is 13.2 Å². The topological polar surface area (TPSA) is 58.6 Å². The van der Waals surface area contributed by atoms with Gasteiger partial charge in [-0.05, 0) is 46.3 Å². The van der Waals surface area contributed by atoms with Crippen molar-refractivity contribution in [2.24, 2.45) is 0 Å². The van der Waals surface area contributed by atoms with Crippen molar-refractivity contribution in [3.8, 4) is 11.5 Å². The molecule has 0 unspecified atom stereocenters. The Hall–Kier alpha value is -1.72. The molecule has 104 valence electrons. The van der Waals surface area contributed by atoms with Crippen molar-refractivity contribution in [2.75, 3.05) is 12.4 Å². The molecule has 2 rings (SSSR count). The van der Waals surface area contributed by atoms with Gasteiger partial charge in [-0.15, -0.1) is 0 Å². The summed E-state index contributed by atoms with van der Waals surface area (Å²) in [5, 5.41) is 12.7. The number of hydrogen-bond donors (Lipinski definition) is 2. The van der Waals surface area contributed by atoms with Gasteiger partial charge in [0.15, 0.2) is 0 Å². The molecule has 0 aliphatic heterocycles. The van der Waals surface area contributed by atoms with Gasteiger partial charge in [-0.1, -0.05) is 11.6 Å². The Labute approximate surface area is 129 Å². The second kappa shape index (κ2) is 6.15. The minimum Gasteiger partial charge on any atom is -0.507 e. The Morgan fingerprint density at radius 1 is 1.30 bits per heavy atom. The number of carbonyl (C=O) groups excluding carboxylic acids is 1. The van der Waals surface area contributed by atoms with Crippen molar-refractivity contribution >= 4 is 39.1 Å². The summed E-state index contributed by atoms with van der Waals surface area (Å²) in [4.78, 5) is 12.1.